The number of urea groups is 1. The van der Waals surface area contributed by atoms with Crippen LogP contribution in [-0.4, -0.2) is 18.0 Å². The molecule has 1 unspecified atom stereocenters. The van der Waals surface area contributed by atoms with Crippen LogP contribution in [0.1, 0.15) is 16.7 Å². The Balaban J connectivity index is 2.01. The Morgan fingerprint density at radius 3 is 2.46 bits per heavy atom. The van der Waals surface area contributed by atoms with Crippen molar-refractivity contribution >= 4 is 11.9 Å². The number of benzene rings is 2. The summed E-state index contributed by atoms with van der Waals surface area (Å²) in [7, 11) is 0. The molecule has 2 aromatic carbocycles. The average molecular weight is 329 g/mol. The predicted octanol–water partition coefficient (Wildman–Crippen LogP) is 2.03. The topological polar surface area (TPSA) is 84.2 Å². The van der Waals surface area contributed by atoms with E-state index < -0.39 is 12.1 Å². The fraction of sp³-hybridized carbons (Fsp3) is 0.222. The quantitative estimate of drug-likeness (QED) is 0.757. The third kappa shape index (κ3) is 5.08. The maximum absolute atomic E-state index is 13.5. The number of carbonyl (C=O) groups is 2. The van der Waals surface area contributed by atoms with E-state index in [2.05, 4.69) is 10.6 Å². The minimum atomic E-state index is -0.791. The molecular formula is C18H20FN3O2. The summed E-state index contributed by atoms with van der Waals surface area (Å²) < 4.78 is 13.5. The van der Waals surface area contributed by atoms with Crippen LogP contribution in [0.25, 0.3) is 0 Å². The second-order valence-electron chi connectivity index (χ2n) is 5.55. The van der Waals surface area contributed by atoms with Gasteiger partial charge in [0, 0.05) is 13.0 Å². The van der Waals surface area contributed by atoms with Gasteiger partial charge in [-0.05, 0) is 29.7 Å². The Bertz CT molecular complexity index is 719. The molecule has 0 saturated carbocycles. The van der Waals surface area contributed by atoms with Gasteiger partial charge in [0.25, 0.3) is 0 Å². The van der Waals surface area contributed by atoms with E-state index in [1.807, 2.05) is 30.3 Å². The van der Waals surface area contributed by atoms with Crippen LogP contribution in [0, 0.1) is 12.7 Å². The number of rotatable bonds is 6. The molecule has 3 amide bonds. The van der Waals surface area contributed by atoms with E-state index >= 15 is 0 Å². The van der Waals surface area contributed by atoms with Crippen molar-refractivity contribution in [3.05, 3.63) is 71.0 Å². The molecule has 4 N–H and O–H groups in total. The van der Waals surface area contributed by atoms with E-state index in [-0.39, 0.29) is 18.3 Å². The average Bonchev–Trinajstić information content (AvgIpc) is 2.55. The monoisotopic (exact) mass is 329 g/mol. The predicted molar refractivity (Wildman–Crippen MR) is 89.6 cm³/mol. The number of amides is 3. The molecule has 0 saturated heterocycles. The molecule has 0 radical (unpaired) electrons. The van der Waals surface area contributed by atoms with Crippen LogP contribution in [0.2, 0.25) is 0 Å². The molecule has 5 nitrogen and oxygen atoms in total. The van der Waals surface area contributed by atoms with Crippen molar-refractivity contribution in [3.8, 4) is 0 Å². The van der Waals surface area contributed by atoms with E-state index in [9.17, 15) is 14.0 Å². The van der Waals surface area contributed by atoms with Crippen LogP contribution < -0.4 is 16.4 Å². The Kier molecular flexibility index (Phi) is 5.89. The van der Waals surface area contributed by atoms with Gasteiger partial charge in [-0.1, -0.05) is 42.5 Å². The van der Waals surface area contributed by atoms with Crippen LogP contribution in [0.4, 0.5) is 9.18 Å². The molecule has 0 aliphatic heterocycles. The first-order chi connectivity index (χ1) is 11.5. The lowest BCUT2D eigenvalue weighted by atomic mass is 10.1. The second-order valence-corrected chi connectivity index (χ2v) is 5.55. The summed E-state index contributed by atoms with van der Waals surface area (Å²) in [6.45, 7) is 1.84. The molecule has 6 heteroatoms. The van der Waals surface area contributed by atoms with Crippen LogP contribution in [-0.2, 0) is 17.8 Å². The van der Waals surface area contributed by atoms with Crippen molar-refractivity contribution in [2.75, 3.05) is 0 Å². The van der Waals surface area contributed by atoms with Crippen LogP contribution in [0.5, 0.6) is 0 Å². The summed E-state index contributed by atoms with van der Waals surface area (Å²) in [6.07, 6.45) is 0.317. The molecule has 0 spiro atoms. The Hall–Kier alpha value is -2.89. The van der Waals surface area contributed by atoms with Crippen molar-refractivity contribution < 1.29 is 14.0 Å². The lowest BCUT2D eigenvalue weighted by Gasteiger charge is -2.17. The largest absolute Gasteiger partial charge is 0.352 e. The maximum atomic E-state index is 13.5. The molecule has 0 fully saturated rings. The Morgan fingerprint density at radius 2 is 1.83 bits per heavy atom. The number of aryl methyl sites for hydroxylation is 1. The third-order valence-electron chi connectivity index (χ3n) is 3.62. The van der Waals surface area contributed by atoms with Crippen molar-refractivity contribution in [3.63, 3.8) is 0 Å². The molecule has 0 bridgehead atoms. The Labute approximate surface area is 140 Å². The molecule has 0 aliphatic rings. The van der Waals surface area contributed by atoms with Gasteiger partial charge < -0.3 is 16.4 Å². The first kappa shape index (κ1) is 17.5. The third-order valence-corrected chi connectivity index (χ3v) is 3.62. The summed E-state index contributed by atoms with van der Waals surface area (Å²) in [5.41, 5.74) is 7.23. The number of hydrogen-bond donors (Lipinski definition) is 3. The van der Waals surface area contributed by atoms with Crippen molar-refractivity contribution in [2.45, 2.75) is 25.9 Å². The number of primary amides is 1. The van der Waals surface area contributed by atoms with E-state index in [0.717, 1.165) is 5.56 Å². The van der Waals surface area contributed by atoms with E-state index in [4.69, 9.17) is 5.73 Å². The van der Waals surface area contributed by atoms with Crippen LogP contribution in [0.3, 0.4) is 0 Å². The summed E-state index contributed by atoms with van der Waals surface area (Å²) in [5, 5.41) is 5.13. The van der Waals surface area contributed by atoms with Gasteiger partial charge in [-0.25, -0.2) is 9.18 Å². The minimum Gasteiger partial charge on any atom is -0.352 e. The van der Waals surface area contributed by atoms with Gasteiger partial charge in [0.2, 0.25) is 5.91 Å². The fourth-order valence-corrected chi connectivity index (χ4v) is 2.29. The van der Waals surface area contributed by atoms with E-state index in [0.29, 0.717) is 17.5 Å². The second kappa shape index (κ2) is 8.10. The minimum absolute atomic E-state index is 0.168. The fourth-order valence-electron chi connectivity index (χ4n) is 2.29. The highest BCUT2D eigenvalue weighted by molar-refractivity contribution is 5.86. The summed E-state index contributed by atoms with van der Waals surface area (Å²) in [6, 6.07) is 12.5. The van der Waals surface area contributed by atoms with Gasteiger partial charge in [-0.15, -0.1) is 0 Å². The number of carbonyl (C=O) groups excluding carboxylic acids is 2. The number of halogens is 1. The number of nitrogens with one attached hydrogen (secondary N) is 2. The molecule has 2 aromatic rings. The van der Waals surface area contributed by atoms with E-state index in [1.165, 1.54) is 6.07 Å². The number of nitrogens with two attached hydrogens (primary N) is 1. The van der Waals surface area contributed by atoms with Crippen molar-refractivity contribution in [1.82, 2.24) is 10.6 Å². The Morgan fingerprint density at radius 1 is 1.12 bits per heavy atom. The molecular weight excluding hydrogens is 309 g/mol. The molecule has 24 heavy (non-hydrogen) atoms. The lowest BCUT2D eigenvalue weighted by molar-refractivity contribution is -0.123. The first-order valence-corrected chi connectivity index (χ1v) is 7.58. The molecule has 0 heterocycles. The summed E-state index contributed by atoms with van der Waals surface area (Å²) in [5.74, 6) is -0.698. The van der Waals surface area contributed by atoms with Crippen LogP contribution in [0.15, 0.2) is 48.5 Å². The normalized spacial score (nSPS) is 11.6. The highest BCUT2D eigenvalue weighted by Crippen LogP contribution is 2.09. The zero-order valence-corrected chi connectivity index (χ0v) is 13.4. The smallest absolute Gasteiger partial charge is 0.312 e. The lowest BCUT2D eigenvalue weighted by Crippen LogP contribution is -2.49. The zero-order chi connectivity index (χ0) is 17.5. The summed E-state index contributed by atoms with van der Waals surface area (Å²) >= 11 is 0. The van der Waals surface area contributed by atoms with Gasteiger partial charge >= 0.3 is 6.03 Å². The highest BCUT2D eigenvalue weighted by atomic mass is 19.1. The molecule has 0 aliphatic carbocycles. The molecule has 0 aromatic heterocycles. The van der Waals surface area contributed by atoms with Crippen molar-refractivity contribution in [2.24, 2.45) is 5.73 Å². The summed E-state index contributed by atoms with van der Waals surface area (Å²) in [4.78, 5) is 23.5. The standard InChI is InChI=1S/C18H20FN3O2/c1-12-7-8-14(9-15(12)19)11-21-17(23)16(22-18(20)24)10-13-5-3-2-4-6-13/h2-9,16H,10-11H2,1H3,(H,21,23)(H3,20,22,24). The SMILES string of the molecule is Cc1ccc(CNC(=O)C(Cc2ccccc2)NC(N)=O)cc1F. The number of hydrogen-bond acceptors (Lipinski definition) is 2. The van der Waals surface area contributed by atoms with Crippen molar-refractivity contribution in [1.29, 1.82) is 0 Å². The zero-order valence-electron chi connectivity index (χ0n) is 13.4. The van der Waals surface area contributed by atoms with Gasteiger partial charge in [-0.3, -0.25) is 4.79 Å². The van der Waals surface area contributed by atoms with E-state index in [1.54, 1.807) is 19.1 Å². The first-order valence-electron chi connectivity index (χ1n) is 7.58. The molecule has 1 atom stereocenters. The van der Waals surface area contributed by atoms with Gasteiger partial charge in [0.1, 0.15) is 11.9 Å². The highest BCUT2D eigenvalue weighted by Gasteiger charge is 2.20. The molecule has 126 valence electrons. The molecule has 2 rings (SSSR count). The van der Waals surface area contributed by atoms with Gasteiger partial charge in [0.15, 0.2) is 0 Å². The maximum Gasteiger partial charge on any atom is 0.312 e. The van der Waals surface area contributed by atoms with Crippen LogP contribution >= 0.6 is 0 Å². The van der Waals surface area contributed by atoms with Gasteiger partial charge in [0.05, 0.1) is 0 Å². The van der Waals surface area contributed by atoms with Gasteiger partial charge in [-0.2, -0.15) is 0 Å².